The Bertz CT molecular complexity index is 213. The highest BCUT2D eigenvalue weighted by Crippen LogP contribution is 2.49. The molecule has 2 heteroatoms. The van der Waals surface area contributed by atoms with Gasteiger partial charge in [0.15, 0.2) is 0 Å². The van der Waals surface area contributed by atoms with Gasteiger partial charge < -0.3 is 5.73 Å². The van der Waals surface area contributed by atoms with E-state index in [-0.39, 0.29) is 5.41 Å². The van der Waals surface area contributed by atoms with Crippen LogP contribution in [0.15, 0.2) is 0 Å². The minimum atomic E-state index is 0.126. The summed E-state index contributed by atoms with van der Waals surface area (Å²) in [5, 5.41) is 8.92. The lowest BCUT2D eigenvalue weighted by atomic mass is 9.99. The minimum Gasteiger partial charge on any atom is -0.330 e. The number of nitrogens with two attached hydrogens (primary N) is 1. The average Bonchev–Trinajstić information content (AvgIpc) is 3.08. The first-order valence-corrected chi connectivity index (χ1v) is 6.94. The molecule has 0 amide bonds. The van der Waals surface area contributed by atoms with E-state index in [2.05, 4.69) is 6.07 Å². The normalized spacial score (nSPS) is 17.0. The summed E-state index contributed by atoms with van der Waals surface area (Å²) in [5.74, 6) is 0. The van der Waals surface area contributed by atoms with Crippen LogP contribution in [-0.2, 0) is 0 Å². The molecule has 0 heterocycles. The SMILES string of the molecule is N#CC1(CCCCCCCCCCN)CC1. The molecule has 1 fully saturated rings. The van der Waals surface area contributed by atoms with Crippen LogP contribution in [0.3, 0.4) is 0 Å². The van der Waals surface area contributed by atoms with Crippen LogP contribution in [0.4, 0.5) is 0 Å². The number of hydrogen-bond donors (Lipinski definition) is 1. The first kappa shape index (κ1) is 13.5. The van der Waals surface area contributed by atoms with Gasteiger partial charge in [-0.3, -0.25) is 0 Å². The lowest BCUT2D eigenvalue weighted by Gasteiger charge is -2.05. The maximum absolute atomic E-state index is 8.92. The Labute approximate surface area is 100 Å². The molecule has 0 aliphatic heterocycles. The van der Waals surface area contributed by atoms with Crippen LogP contribution in [0.5, 0.6) is 0 Å². The number of unbranched alkanes of at least 4 members (excludes halogenated alkanes) is 7. The van der Waals surface area contributed by atoms with Crippen LogP contribution in [0.1, 0.15) is 70.6 Å². The molecule has 0 unspecified atom stereocenters. The number of nitrogens with zero attached hydrogens (tertiary/aromatic N) is 1. The largest absolute Gasteiger partial charge is 0.330 e. The zero-order chi connectivity index (χ0) is 11.7. The molecule has 2 nitrogen and oxygen atoms in total. The minimum absolute atomic E-state index is 0.126. The molecule has 1 saturated carbocycles. The van der Waals surface area contributed by atoms with Gasteiger partial charge in [0.2, 0.25) is 0 Å². The molecule has 0 atom stereocenters. The van der Waals surface area contributed by atoms with Gasteiger partial charge in [-0.25, -0.2) is 0 Å². The Kier molecular flexibility index (Phi) is 6.49. The van der Waals surface area contributed by atoms with E-state index in [0.717, 1.165) is 25.8 Å². The van der Waals surface area contributed by atoms with Crippen molar-refractivity contribution < 1.29 is 0 Å². The van der Waals surface area contributed by atoms with E-state index in [1.807, 2.05) is 0 Å². The molecule has 1 aliphatic rings. The average molecular weight is 222 g/mol. The standard InChI is InChI=1S/C14H26N2/c15-12-8-6-4-2-1-3-5-7-9-14(13-16)10-11-14/h1-12,15H2. The summed E-state index contributed by atoms with van der Waals surface area (Å²) in [6, 6.07) is 2.47. The van der Waals surface area contributed by atoms with Crippen LogP contribution < -0.4 is 5.73 Å². The lowest BCUT2D eigenvalue weighted by molar-refractivity contribution is 0.510. The van der Waals surface area contributed by atoms with Crippen molar-refractivity contribution >= 4 is 0 Å². The quantitative estimate of drug-likeness (QED) is 0.572. The third kappa shape index (κ3) is 5.51. The van der Waals surface area contributed by atoms with Gasteiger partial charge in [0, 0.05) is 0 Å². The highest BCUT2D eigenvalue weighted by Gasteiger charge is 2.41. The molecule has 1 aliphatic carbocycles. The Balaban J connectivity index is 1.77. The highest BCUT2D eigenvalue weighted by atomic mass is 14.5. The van der Waals surface area contributed by atoms with Gasteiger partial charge in [0.25, 0.3) is 0 Å². The third-order valence-corrected chi connectivity index (χ3v) is 3.70. The zero-order valence-corrected chi connectivity index (χ0v) is 10.5. The number of rotatable bonds is 10. The van der Waals surface area contributed by atoms with Crippen molar-refractivity contribution in [3.63, 3.8) is 0 Å². The lowest BCUT2D eigenvalue weighted by Crippen LogP contribution is -1.97. The van der Waals surface area contributed by atoms with Crippen molar-refractivity contribution in [1.82, 2.24) is 0 Å². The van der Waals surface area contributed by atoms with Gasteiger partial charge in [-0.15, -0.1) is 0 Å². The molecule has 92 valence electrons. The summed E-state index contributed by atoms with van der Waals surface area (Å²) in [6.07, 6.45) is 14.0. The fourth-order valence-electron chi connectivity index (χ4n) is 2.24. The first-order chi connectivity index (χ1) is 7.83. The summed E-state index contributed by atoms with van der Waals surface area (Å²) in [5.41, 5.74) is 5.57. The zero-order valence-electron chi connectivity index (χ0n) is 10.5. The van der Waals surface area contributed by atoms with E-state index in [1.165, 1.54) is 51.4 Å². The van der Waals surface area contributed by atoms with Crippen LogP contribution in [0, 0.1) is 16.7 Å². The summed E-state index contributed by atoms with van der Waals surface area (Å²) in [4.78, 5) is 0. The number of hydrogen-bond acceptors (Lipinski definition) is 2. The predicted octanol–water partition coefficient (Wildman–Crippen LogP) is 3.76. The van der Waals surface area contributed by atoms with E-state index < -0.39 is 0 Å². The maximum atomic E-state index is 8.92. The van der Waals surface area contributed by atoms with Gasteiger partial charge in [-0.1, -0.05) is 44.9 Å². The van der Waals surface area contributed by atoms with Crippen molar-refractivity contribution in [1.29, 1.82) is 5.26 Å². The van der Waals surface area contributed by atoms with Gasteiger partial charge in [-0.2, -0.15) is 5.26 Å². The van der Waals surface area contributed by atoms with E-state index in [9.17, 15) is 0 Å². The van der Waals surface area contributed by atoms with Crippen molar-refractivity contribution in [2.45, 2.75) is 70.6 Å². The molecule has 0 aromatic rings. The van der Waals surface area contributed by atoms with Gasteiger partial charge in [-0.05, 0) is 32.2 Å². The number of nitriles is 1. The van der Waals surface area contributed by atoms with Gasteiger partial charge >= 0.3 is 0 Å². The molecular weight excluding hydrogens is 196 g/mol. The van der Waals surface area contributed by atoms with Crippen LogP contribution in [0.2, 0.25) is 0 Å². The van der Waals surface area contributed by atoms with Crippen molar-refractivity contribution in [3.05, 3.63) is 0 Å². The Morgan fingerprint density at radius 1 is 0.875 bits per heavy atom. The fourth-order valence-corrected chi connectivity index (χ4v) is 2.24. The topological polar surface area (TPSA) is 49.8 Å². The monoisotopic (exact) mass is 222 g/mol. The Morgan fingerprint density at radius 2 is 1.38 bits per heavy atom. The van der Waals surface area contributed by atoms with E-state index >= 15 is 0 Å². The van der Waals surface area contributed by atoms with Gasteiger partial charge in [0.1, 0.15) is 0 Å². The third-order valence-electron chi connectivity index (χ3n) is 3.70. The Hall–Kier alpha value is -0.550. The first-order valence-electron chi connectivity index (χ1n) is 6.94. The molecule has 16 heavy (non-hydrogen) atoms. The smallest absolute Gasteiger partial charge is 0.0689 e. The molecule has 0 radical (unpaired) electrons. The summed E-state index contributed by atoms with van der Waals surface area (Å²) in [7, 11) is 0. The highest BCUT2D eigenvalue weighted by molar-refractivity contribution is 5.09. The maximum Gasteiger partial charge on any atom is 0.0689 e. The van der Waals surface area contributed by atoms with Crippen molar-refractivity contribution in [3.8, 4) is 6.07 Å². The van der Waals surface area contributed by atoms with Crippen LogP contribution in [0.25, 0.3) is 0 Å². The second-order valence-electron chi connectivity index (χ2n) is 5.26. The summed E-state index contributed by atoms with van der Waals surface area (Å²) >= 11 is 0. The Morgan fingerprint density at radius 3 is 1.81 bits per heavy atom. The second kappa shape index (κ2) is 7.68. The predicted molar refractivity (Wildman–Crippen MR) is 67.9 cm³/mol. The molecule has 0 bridgehead atoms. The van der Waals surface area contributed by atoms with Crippen LogP contribution >= 0.6 is 0 Å². The molecule has 1 rings (SSSR count). The molecule has 2 N–H and O–H groups in total. The molecule has 0 spiro atoms. The summed E-state index contributed by atoms with van der Waals surface area (Å²) in [6.45, 7) is 0.843. The second-order valence-corrected chi connectivity index (χ2v) is 5.26. The molecule has 0 aromatic carbocycles. The van der Waals surface area contributed by atoms with Crippen LogP contribution in [-0.4, -0.2) is 6.54 Å². The van der Waals surface area contributed by atoms with Crippen molar-refractivity contribution in [2.75, 3.05) is 6.54 Å². The van der Waals surface area contributed by atoms with E-state index in [0.29, 0.717) is 0 Å². The summed E-state index contributed by atoms with van der Waals surface area (Å²) < 4.78 is 0. The van der Waals surface area contributed by atoms with Gasteiger partial charge in [0.05, 0.1) is 11.5 Å². The van der Waals surface area contributed by atoms with E-state index in [1.54, 1.807) is 0 Å². The van der Waals surface area contributed by atoms with E-state index in [4.69, 9.17) is 11.0 Å². The molecule has 0 saturated heterocycles. The van der Waals surface area contributed by atoms with Crippen molar-refractivity contribution in [2.24, 2.45) is 11.1 Å². The molecular formula is C14H26N2. The molecule has 0 aromatic heterocycles. The fraction of sp³-hybridized carbons (Fsp3) is 0.929.